The molecule has 1 aliphatic rings. The number of carbonyl (C=O) groups excluding carboxylic acids is 1. The lowest BCUT2D eigenvalue weighted by molar-refractivity contribution is 0.00672. The number of nitrogens with zero attached hydrogens (tertiary/aromatic N) is 4. The Balaban J connectivity index is 2.64. The number of amides is 1. The van der Waals surface area contributed by atoms with Crippen LogP contribution in [0.5, 0.6) is 0 Å². The Labute approximate surface area is 106 Å². The quantitative estimate of drug-likeness (QED) is 0.475. The van der Waals surface area contributed by atoms with Crippen molar-refractivity contribution in [2.24, 2.45) is 5.11 Å². The summed E-state index contributed by atoms with van der Waals surface area (Å²) in [5.41, 5.74) is 7.67. The minimum Gasteiger partial charge on any atom is -0.444 e. The van der Waals surface area contributed by atoms with Crippen LogP contribution in [0.3, 0.4) is 0 Å². The number of aliphatic hydroxyl groups is 1. The van der Waals surface area contributed by atoms with Gasteiger partial charge in [0, 0.05) is 11.5 Å². The molecule has 1 aliphatic heterocycles. The van der Waals surface area contributed by atoms with E-state index >= 15 is 0 Å². The number of azide groups is 1. The molecule has 18 heavy (non-hydrogen) atoms. The highest BCUT2D eigenvalue weighted by Gasteiger charge is 2.35. The smallest absolute Gasteiger partial charge is 0.410 e. The molecule has 7 heteroatoms. The number of carbonyl (C=O) groups is 1. The predicted molar refractivity (Wildman–Crippen MR) is 66.0 cm³/mol. The van der Waals surface area contributed by atoms with E-state index in [9.17, 15) is 9.90 Å². The summed E-state index contributed by atoms with van der Waals surface area (Å²) < 4.78 is 5.28. The van der Waals surface area contributed by atoms with Gasteiger partial charge in [0.1, 0.15) is 5.60 Å². The second-order valence-electron chi connectivity index (χ2n) is 5.36. The van der Waals surface area contributed by atoms with Crippen LogP contribution in [0.15, 0.2) is 5.11 Å². The van der Waals surface area contributed by atoms with E-state index < -0.39 is 17.8 Å². The molecule has 0 spiro atoms. The second-order valence-corrected chi connectivity index (χ2v) is 5.36. The minimum atomic E-state index is -0.837. The van der Waals surface area contributed by atoms with Gasteiger partial charge in [-0.05, 0) is 39.1 Å². The fourth-order valence-corrected chi connectivity index (χ4v) is 1.98. The van der Waals surface area contributed by atoms with Gasteiger partial charge in [0.05, 0.1) is 18.7 Å². The summed E-state index contributed by atoms with van der Waals surface area (Å²) in [5.74, 6) is 0. The predicted octanol–water partition coefficient (Wildman–Crippen LogP) is 2.06. The van der Waals surface area contributed by atoms with Gasteiger partial charge >= 0.3 is 6.09 Å². The first kappa shape index (κ1) is 14.6. The molecule has 0 radical (unpaired) electrons. The van der Waals surface area contributed by atoms with E-state index in [1.54, 1.807) is 20.8 Å². The molecule has 0 bridgehead atoms. The van der Waals surface area contributed by atoms with Crippen LogP contribution >= 0.6 is 0 Å². The first-order valence-corrected chi connectivity index (χ1v) is 6.03. The third-order valence-corrected chi connectivity index (χ3v) is 2.70. The van der Waals surface area contributed by atoms with E-state index in [0.29, 0.717) is 13.0 Å². The molecule has 0 aromatic carbocycles. The van der Waals surface area contributed by atoms with Gasteiger partial charge in [-0.1, -0.05) is 5.11 Å². The summed E-state index contributed by atoms with van der Waals surface area (Å²) in [6.45, 7) is 5.93. The van der Waals surface area contributed by atoms with E-state index in [1.165, 1.54) is 4.90 Å². The van der Waals surface area contributed by atoms with Gasteiger partial charge in [-0.3, -0.25) is 0 Å². The topological polar surface area (TPSA) is 98.5 Å². The van der Waals surface area contributed by atoms with E-state index in [1.807, 2.05) is 0 Å². The Hall–Kier alpha value is -1.46. The van der Waals surface area contributed by atoms with Gasteiger partial charge in [0.15, 0.2) is 0 Å². The van der Waals surface area contributed by atoms with Gasteiger partial charge in [-0.15, -0.1) is 0 Å². The van der Waals surface area contributed by atoms with E-state index in [4.69, 9.17) is 10.3 Å². The fraction of sp³-hybridized carbons (Fsp3) is 0.909. The molecular weight excluding hydrogens is 236 g/mol. The van der Waals surface area contributed by atoms with Crippen LogP contribution in [-0.2, 0) is 4.74 Å². The lowest BCUT2D eigenvalue weighted by Gasteiger charge is -2.30. The highest BCUT2D eigenvalue weighted by atomic mass is 16.6. The van der Waals surface area contributed by atoms with Crippen LogP contribution in [0.25, 0.3) is 10.4 Å². The van der Waals surface area contributed by atoms with Crippen molar-refractivity contribution < 1.29 is 14.6 Å². The van der Waals surface area contributed by atoms with Gasteiger partial charge < -0.3 is 14.7 Å². The number of likely N-dealkylation sites (tertiary alicyclic amines) is 1. The second kappa shape index (κ2) is 5.93. The monoisotopic (exact) mass is 256 g/mol. The summed E-state index contributed by atoms with van der Waals surface area (Å²) >= 11 is 0. The normalized spacial score (nSPS) is 21.3. The number of aliphatic hydroxyl groups excluding tert-OH is 1. The SMILES string of the molecule is CC(C)(C)OC(=O)N1CCC[C@H]1[C@@H](O)CN=[N+]=[N-]. The molecule has 1 saturated heterocycles. The minimum absolute atomic E-state index is 0.0273. The summed E-state index contributed by atoms with van der Waals surface area (Å²) in [4.78, 5) is 16.1. The molecule has 2 atom stereocenters. The Morgan fingerprint density at radius 2 is 2.33 bits per heavy atom. The first-order valence-electron chi connectivity index (χ1n) is 6.03. The van der Waals surface area contributed by atoms with Crippen LogP contribution in [0, 0.1) is 0 Å². The Morgan fingerprint density at radius 1 is 1.67 bits per heavy atom. The van der Waals surface area contributed by atoms with E-state index in [2.05, 4.69) is 10.0 Å². The summed E-state index contributed by atoms with van der Waals surface area (Å²) in [6, 6.07) is -0.328. The molecule has 1 fully saturated rings. The first-order chi connectivity index (χ1) is 8.35. The van der Waals surface area contributed by atoms with E-state index in [0.717, 1.165) is 6.42 Å². The van der Waals surface area contributed by atoms with Crippen molar-refractivity contribution in [3.05, 3.63) is 10.4 Å². The number of ether oxygens (including phenoxy) is 1. The van der Waals surface area contributed by atoms with Crippen molar-refractivity contribution in [1.29, 1.82) is 0 Å². The molecule has 7 nitrogen and oxygen atoms in total. The molecule has 1 heterocycles. The Kier molecular flexibility index (Phi) is 4.81. The van der Waals surface area contributed by atoms with Crippen molar-refractivity contribution in [3.63, 3.8) is 0 Å². The van der Waals surface area contributed by atoms with Gasteiger partial charge in [-0.2, -0.15) is 0 Å². The van der Waals surface area contributed by atoms with Crippen LogP contribution in [0.4, 0.5) is 4.79 Å². The van der Waals surface area contributed by atoms with Crippen molar-refractivity contribution in [3.8, 4) is 0 Å². The molecule has 0 aliphatic carbocycles. The maximum absolute atomic E-state index is 11.9. The standard InChI is InChI=1S/C11H20N4O3/c1-11(2,3)18-10(17)15-6-4-5-8(15)9(16)7-13-14-12/h8-9,16H,4-7H2,1-3H3/t8-,9-/m0/s1. The molecule has 0 aromatic heterocycles. The average molecular weight is 256 g/mol. The average Bonchev–Trinajstić information content (AvgIpc) is 2.72. The fourth-order valence-electron chi connectivity index (χ4n) is 1.98. The largest absolute Gasteiger partial charge is 0.444 e. The number of rotatable bonds is 3. The molecule has 1 amide bonds. The molecular formula is C11H20N4O3. The molecule has 0 saturated carbocycles. The Bertz CT molecular complexity index is 347. The summed E-state index contributed by atoms with van der Waals surface area (Å²) in [5, 5.41) is 13.2. The van der Waals surface area contributed by atoms with Crippen molar-refractivity contribution in [2.45, 2.75) is 51.4 Å². The Morgan fingerprint density at radius 3 is 2.89 bits per heavy atom. The van der Waals surface area contributed by atoms with Crippen LogP contribution in [0.2, 0.25) is 0 Å². The summed E-state index contributed by atoms with van der Waals surface area (Å²) in [6.07, 6.45) is 0.249. The zero-order valence-corrected chi connectivity index (χ0v) is 11.0. The number of hydrogen-bond acceptors (Lipinski definition) is 4. The van der Waals surface area contributed by atoms with Crippen LogP contribution < -0.4 is 0 Å². The summed E-state index contributed by atoms with van der Waals surface area (Å²) in [7, 11) is 0. The van der Waals surface area contributed by atoms with Crippen molar-refractivity contribution >= 4 is 6.09 Å². The highest BCUT2D eigenvalue weighted by molar-refractivity contribution is 5.69. The van der Waals surface area contributed by atoms with Crippen molar-refractivity contribution in [2.75, 3.05) is 13.1 Å². The maximum atomic E-state index is 11.9. The zero-order valence-electron chi connectivity index (χ0n) is 11.0. The molecule has 0 aromatic rings. The lowest BCUT2D eigenvalue weighted by atomic mass is 10.1. The number of hydrogen-bond donors (Lipinski definition) is 1. The van der Waals surface area contributed by atoms with Gasteiger partial charge in [0.2, 0.25) is 0 Å². The third-order valence-electron chi connectivity index (χ3n) is 2.70. The van der Waals surface area contributed by atoms with Gasteiger partial charge in [0.25, 0.3) is 0 Å². The van der Waals surface area contributed by atoms with Crippen molar-refractivity contribution in [1.82, 2.24) is 4.90 Å². The molecule has 1 N–H and O–H groups in total. The maximum Gasteiger partial charge on any atom is 0.410 e. The molecule has 102 valence electrons. The van der Waals surface area contributed by atoms with Crippen LogP contribution in [0.1, 0.15) is 33.6 Å². The highest BCUT2D eigenvalue weighted by Crippen LogP contribution is 2.23. The molecule has 0 unspecified atom stereocenters. The van der Waals surface area contributed by atoms with Crippen LogP contribution in [-0.4, -0.2) is 46.9 Å². The molecule has 1 rings (SSSR count). The lowest BCUT2D eigenvalue weighted by Crippen LogP contribution is -2.46. The van der Waals surface area contributed by atoms with E-state index in [-0.39, 0.29) is 12.6 Å². The third kappa shape index (κ3) is 4.09. The zero-order chi connectivity index (χ0) is 13.8. The van der Waals surface area contributed by atoms with Gasteiger partial charge in [-0.25, -0.2) is 4.79 Å².